The number of nitrogens with zero attached hydrogens (tertiary/aromatic N) is 1. The first-order valence-corrected chi connectivity index (χ1v) is 5.39. The van der Waals surface area contributed by atoms with Crippen molar-refractivity contribution in [2.75, 3.05) is 25.4 Å². The lowest BCUT2D eigenvalue weighted by molar-refractivity contribution is 0.207. The first-order valence-electron chi connectivity index (χ1n) is 3.78. The molecule has 0 aromatic carbocycles. The molecule has 4 nitrogen and oxygen atoms in total. The van der Waals surface area contributed by atoms with Crippen LogP contribution in [0.4, 0.5) is 0 Å². The maximum absolute atomic E-state index is 11.1. The zero-order valence-electron chi connectivity index (χ0n) is 7.06. The van der Waals surface area contributed by atoms with Crippen molar-refractivity contribution < 1.29 is 8.42 Å². The van der Waals surface area contributed by atoms with Gasteiger partial charge in [-0.25, -0.2) is 12.7 Å². The van der Waals surface area contributed by atoms with Gasteiger partial charge in [0.05, 0.1) is 5.75 Å². The highest BCUT2D eigenvalue weighted by Crippen LogP contribution is 2.18. The Morgan fingerprint density at radius 1 is 1.50 bits per heavy atom. The maximum atomic E-state index is 11.1. The van der Waals surface area contributed by atoms with Gasteiger partial charge in [-0.15, -0.1) is 12.4 Å². The molecular formula is C6H15ClN2O2S. The Balaban J connectivity index is 0.00000121. The molecule has 1 fully saturated rings. The van der Waals surface area contributed by atoms with Crippen LogP contribution in [0.3, 0.4) is 0 Å². The van der Waals surface area contributed by atoms with Crippen molar-refractivity contribution in [1.82, 2.24) is 4.31 Å². The molecule has 1 aliphatic heterocycles. The lowest BCUT2D eigenvalue weighted by Gasteiger charge is -2.37. The Morgan fingerprint density at radius 2 is 2.00 bits per heavy atom. The summed E-state index contributed by atoms with van der Waals surface area (Å²) in [7, 11) is -2.93. The van der Waals surface area contributed by atoms with Gasteiger partial charge in [0.15, 0.2) is 0 Å². The third-order valence-electron chi connectivity index (χ3n) is 2.02. The number of nitrogens with two attached hydrogens (primary N) is 1. The van der Waals surface area contributed by atoms with Gasteiger partial charge in [0.1, 0.15) is 0 Å². The molecule has 0 unspecified atom stereocenters. The first-order chi connectivity index (χ1) is 5.10. The van der Waals surface area contributed by atoms with Crippen LogP contribution in [0.25, 0.3) is 0 Å². The summed E-state index contributed by atoms with van der Waals surface area (Å²) < 4.78 is 23.7. The fourth-order valence-corrected chi connectivity index (χ4v) is 2.32. The van der Waals surface area contributed by atoms with Crippen LogP contribution in [0.1, 0.15) is 6.92 Å². The quantitative estimate of drug-likeness (QED) is 0.699. The Bertz CT molecular complexity index is 224. The van der Waals surface area contributed by atoms with E-state index >= 15 is 0 Å². The average molecular weight is 215 g/mol. The monoisotopic (exact) mass is 214 g/mol. The number of hydrogen-bond acceptors (Lipinski definition) is 3. The Morgan fingerprint density at radius 3 is 2.33 bits per heavy atom. The number of halogens is 1. The van der Waals surface area contributed by atoms with E-state index in [1.807, 2.05) is 0 Å². The molecule has 0 radical (unpaired) electrons. The molecule has 74 valence electrons. The third-order valence-corrected chi connectivity index (χ3v) is 3.83. The summed E-state index contributed by atoms with van der Waals surface area (Å²) in [6, 6.07) is 0. The lowest BCUT2D eigenvalue weighted by Crippen LogP contribution is -2.52. The van der Waals surface area contributed by atoms with Gasteiger partial charge in [0.2, 0.25) is 10.0 Å². The van der Waals surface area contributed by atoms with E-state index in [0.29, 0.717) is 25.6 Å². The van der Waals surface area contributed by atoms with Crippen LogP contribution in [0.5, 0.6) is 0 Å². The SMILES string of the molecule is CCS(=O)(=O)N1CC(CN)C1.Cl. The number of sulfonamides is 1. The molecule has 6 heteroatoms. The van der Waals surface area contributed by atoms with E-state index in [-0.39, 0.29) is 18.2 Å². The van der Waals surface area contributed by atoms with E-state index in [4.69, 9.17) is 5.73 Å². The molecule has 1 saturated heterocycles. The number of hydrogen-bond donors (Lipinski definition) is 1. The molecule has 0 bridgehead atoms. The minimum absolute atomic E-state index is 0. The van der Waals surface area contributed by atoms with Crippen LogP contribution >= 0.6 is 12.4 Å². The zero-order chi connectivity index (χ0) is 8.48. The van der Waals surface area contributed by atoms with Gasteiger partial charge >= 0.3 is 0 Å². The largest absolute Gasteiger partial charge is 0.330 e. The second-order valence-electron chi connectivity index (χ2n) is 2.82. The van der Waals surface area contributed by atoms with Crippen molar-refractivity contribution in [2.24, 2.45) is 11.7 Å². The van der Waals surface area contributed by atoms with Crippen molar-refractivity contribution >= 4 is 22.4 Å². The Hall–Kier alpha value is 0.160. The van der Waals surface area contributed by atoms with Crippen LogP contribution in [0.15, 0.2) is 0 Å². The van der Waals surface area contributed by atoms with Crippen LogP contribution < -0.4 is 5.73 Å². The summed E-state index contributed by atoms with van der Waals surface area (Å²) in [5.74, 6) is 0.584. The Labute approximate surface area is 79.6 Å². The molecule has 1 rings (SSSR count). The molecule has 0 aliphatic carbocycles. The second-order valence-corrected chi connectivity index (χ2v) is 5.08. The summed E-state index contributed by atoms with van der Waals surface area (Å²) in [6.45, 7) is 3.49. The van der Waals surface area contributed by atoms with E-state index in [0.717, 1.165) is 0 Å². The fourth-order valence-electron chi connectivity index (χ4n) is 1.08. The van der Waals surface area contributed by atoms with Crippen molar-refractivity contribution in [1.29, 1.82) is 0 Å². The molecule has 12 heavy (non-hydrogen) atoms. The molecular weight excluding hydrogens is 200 g/mol. The molecule has 2 N–H and O–H groups in total. The fraction of sp³-hybridized carbons (Fsp3) is 1.00. The first kappa shape index (κ1) is 12.2. The molecule has 0 aromatic heterocycles. The van der Waals surface area contributed by atoms with Crippen molar-refractivity contribution in [2.45, 2.75) is 6.92 Å². The maximum Gasteiger partial charge on any atom is 0.213 e. The average Bonchev–Trinajstić information content (AvgIpc) is 1.85. The van der Waals surface area contributed by atoms with Gasteiger partial charge in [-0.3, -0.25) is 0 Å². The van der Waals surface area contributed by atoms with E-state index in [1.54, 1.807) is 6.92 Å². The predicted octanol–water partition coefficient (Wildman–Crippen LogP) is -0.352. The van der Waals surface area contributed by atoms with Crippen molar-refractivity contribution in [3.63, 3.8) is 0 Å². The van der Waals surface area contributed by atoms with Crippen LogP contribution in [-0.4, -0.2) is 38.1 Å². The van der Waals surface area contributed by atoms with Gasteiger partial charge in [-0.2, -0.15) is 0 Å². The molecule has 0 aromatic rings. The van der Waals surface area contributed by atoms with Crippen LogP contribution in [-0.2, 0) is 10.0 Å². The Kier molecular flexibility index (Phi) is 4.47. The molecule has 0 atom stereocenters. The zero-order valence-corrected chi connectivity index (χ0v) is 8.70. The van der Waals surface area contributed by atoms with E-state index in [1.165, 1.54) is 4.31 Å². The highest BCUT2D eigenvalue weighted by atomic mass is 35.5. The summed E-state index contributed by atoms with van der Waals surface area (Å²) in [5.41, 5.74) is 5.36. The summed E-state index contributed by atoms with van der Waals surface area (Å²) >= 11 is 0. The molecule has 0 saturated carbocycles. The summed E-state index contributed by atoms with van der Waals surface area (Å²) in [4.78, 5) is 0. The van der Waals surface area contributed by atoms with E-state index < -0.39 is 10.0 Å². The highest BCUT2D eigenvalue weighted by molar-refractivity contribution is 7.89. The second kappa shape index (κ2) is 4.41. The molecule has 1 aliphatic rings. The van der Waals surface area contributed by atoms with Gasteiger partial charge in [-0.1, -0.05) is 0 Å². The van der Waals surface area contributed by atoms with Gasteiger partial charge in [0.25, 0.3) is 0 Å². The van der Waals surface area contributed by atoms with Gasteiger partial charge in [0, 0.05) is 13.1 Å². The molecule has 0 amide bonds. The molecule has 1 heterocycles. The third kappa shape index (κ3) is 2.32. The van der Waals surface area contributed by atoms with Crippen molar-refractivity contribution in [3.8, 4) is 0 Å². The molecule has 0 spiro atoms. The topological polar surface area (TPSA) is 63.4 Å². The van der Waals surface area contributed by atoms with Crippen molar-refractivity contribution in [3.05, 3.63) is 0 Å². The highest BCUT2D eigenvalue weighted by Gasteiger charge is 2.33. The standard InChI is InChI=1S/C6H14N2O2S.ClH/c1-2-11(9,10)8-4-6(3-7)5-8;/h6H,2-5,7H2,1H3;1H. The minimum Gasteiger partial charge on any atom is -0.330 e. The van der Waals surface area contributed by atoms with Crippen LogP contribution in [0, 0.1) is 5.92 Å². The lowest BCUT2D eigenvalue weighted by atomic mass is 10.0. The summed E-state index contributed by atoms with van der Waals surface area (Å²) in [6.07, 6.45) is 0. The number of rotatable bonds is 3. The van der Waals surface area contributed by atoms with Gasteiger partial charge in [-0.05, 0) is 19.4 Å². The predicted molar refractivity (Wildman–Crippen MR) is 50.8 cm³/mol. The normalized spacial score (nSPS) is 19.8. The van der Waals surface area contributed by atoms with Crippen LogP contribution in [0.2, 0.25) is 0 Å². The van der Waals surface area contributed by atoms with E-state index in [9.17, 15) is 8.42 Å². The minimum atomic E-state index is -2.93. The van der Waals surface area contributed by atoms with Gasteiger partial charge < -0.3 is 5.73 Å². The summed E-state index contributed by atoms with van der Waals surface area (Å²) in [5, 5.41) is 0. The van der Waals surface area contributed by atoms with E-state index in [2.05, 4.69) is 0 Å². The smallest absolute Gasteiger partial charge is 0.213 e.